The van der Waals surface area contributed by atoms with Crippen molar-refractivity contribution in [2.45, 2.75) is 4.90 Å². The summed E-state index contributed by atoms with van der Waals surface area (Å²) in [6.45, 7) is 0. The van der Waals surface area contributed by atoms with Gasteiger partial charge in [0.05, 0.1) is 28.8 Å². The van der Waals surface area contributed by atoms with E-state index in [1.807, 2.05) is 0 Å². The number of carbonyl (C=O) groups excluding carboxylic acids is 3. The minimum absolute atomic E-state index is 0.00447. The molecule has 0 saturated carbocycles. The van der Waals surface area contributed by atoms with Crippen molar-refractivity contribution >= 4 is 33.4 Å². The van der Waals surface area contributed by atoms with Gasteiger partial charge in [-0.25, -0.2) is 8.42 Å². The maximum atomic E-state index is 12.6. The summed E-state index contributed by atoms with van der Waals surface area (Å²) in [7, 11) is -2.79. The lowest BCUT2D eigenvalue weighted by molar-refractivity contribution is 0.0878. The average Bonchev–Trinajstić information content (AvgIpc) is 2.88. The second-order valence-electron chi connectivity index (χ2n) is 5.38. The van der Waals surface area contributed by atoms with Gasteiger partial charge in [-0.1, -0.05) is 0 Å². The molecule has 0 aromatic heterocycles. The standard InChI is InChI=1S/C16H13N3O6S/c1-25-13-5-2-8(14(17)20)6-12(13)19-26(23,24)9-3-4-10-11(7-9)16(22)18-15(10)21/h2-7,19H,1H3,(H2,17,20)(H,18,21,22). The van der Waals surface area contributed by atoms with Gasteiger partial charge in [0.2, 0.25) is 5.91 Å². The van der Waals surface area contributed by atoms with Crippen LogP contribution in [0.4, 0.5) is 5.69 Å². The van der Waals surface area contributed by atoms with Gasteiger partial charge in [0, 0.05) is 5.56 Å². The average molecular weight is 375 g/mol. The Kier molecular flexibility index (Phi) is 4.12. The van der Waals surface area contributed by atoms with Crippen LogP contribution in [0.3, 0.4) is 0 Å². The molecule has 1 aliphatic heterocycles. The minimum Gasteiger partial charge on any atom is -0.495 e. The second kappa shape index (κ2) is 6.15. The van der Waals surface area contributed by atoms with Gasteiger partial charge in [0.25, 0.3) is 21.8 Å². The lowest BCUT2D eigenvalue weighted by Crippen LogP contribution is -2.20. The van der Waals surface area contributed by atoms with Gasteiger partial charge in [-0.05, 0) is 36.4 Å². The molecule has 10 heteroatoms. The van der Waals surface area contributed by atoms with Gasteiger partial charge in [-0.2, -0.15) is 0 Å². The number of carbonyl (C=O) groups is 3. The third-order valence-corrected chi connectivity index (χ3v) is 5.11. The number of benzene rings is 2. The van der Waals surface area contributed by atoms with E-state index in [0.717, 1.165) is 6.07 Å². The second-order valence-corrected chi connectivity index (χ2v) is 7.06. The Hall–Kier alpha value is -3.40. The zero-order valence-electron chi connectivity index (χ0n) is 13.4. The van der Waals surface area contributed by atoms with Crippen molar-refractivity contribution < 1.29 is 27.5 Å². The Balaban J connectivity index is 2.02. The third kappa shape index (κ3) is 2.97. The van der Waals surface area contributed by atoms with Gasteiger partial charge >= 0.3 is 0 Å². The molecule has 0 bridgehead atoms. The van der Waals surface area contributed by atoms with E-state index in [1.54, 1.807) is 0 Å². The predicted octanol–water partition coefficient (Wildman–Crippen LogP) is 0.479. The molecule has 0 saturated heterocycles. The topological polar surface area (TPSA) is 145 Å². The number of ether oxygens (including phenoxy) is 1. The summed E-state index contributed by atoms with van der Waals surface area (Å²) < 4.78 is 32.6. The number of anilines is 1. The Labute approximate surface area is 148 Å². The smallest absolute Gasteiger partial charge is 0.262 e. The predicted molar refractivity (Wildman–Crippen MR) is 90.6 cm³/mol. The highest BCUT2D eigenvalue weighted by Gasteiger charge is 2.29. The Morgan fingerprint density at radius 1 is 1.08 bits per heavy atom. The lowest BCUT2D eigenvalue weighted by Gasteiger charge is -2.13. The number of nitrogens with one attached hydrogen (secondary N) is 2. The summed E-state index contributed by atoms with van der Waals surface area (Å²) >= 11 is 0. The fraction of sp³-hybridized carbons (Fsp3) is 0.0625. The molecule has 0 radical (unpaired) electrons. The van der Waals surface area contributed by atoms with Crippen molar-refractivity contribution in [3.05, 3.63) is 53.1 Å². The number of primary amides is 1. The normalized spacial score (nSPS) is 13.1. The fourth-order valence-electron chi connectivity index (χ4n) is 2.46. The SMILES string of the molecule is COc1ccc(C(N)=O)cc1NS(=O)(=O)c1ccc2c(c1)C(=O)NC2=O. The van der Waals surface area contributed by atoms with Crippen LogP contribution in [0.5, 0.6) is 5.75 Å². The molecule has 0 atom stereocenters. The zero-order chi connectivity index (χ0) is 19.1. The third-order valence-electron chi connectivity index (χ3n) is 3.75. The van der Waals surface area contributed by atoms with Crippen molar-refractivity contribution in [1.29, 1.82) is 0 Å². The number of imide groups is 1. The highest BCUT2D eigenvalue weighted by Crippen LogP contribution is 2.29. The van der Waals surface area contributed by atoms with Gasteiger partial charge in [0.15, 0.2) is 0 Å². The number of hydrogen-bond acceptors (Lipinski definition) is 6. The first-order valence-electron chi connectivity index (χ1n) is 7.23. The monoisotopic (exact) mass is 375 g/mol. The molecule has 9 nitrogen and oxygen atoms in total. The molecule has 3 amide bonds. The van der Waals surface area contributed by atoms with Crippen molar-refractivity contribution in [2.75, 3.05) is 11.8 Å². The van der Waals surface area contributed by atoms with Gasteiger partial charge in [0.1, 0.15) is 5.75 Å². The highest BCUT2D eigenvalue weighted by molar-refractivity contribution is 7.92. The van der Waals surface area contributed by atoms with Crippen LogP contribution in [0.15, 0.2) is 41.3 Å². The summed E-state index contributed by atoms with van der Waals surface area (Å²) in [5.41, 5.74) is 5.36. The van der Waals surface area contributed by atoms with E-state index in [9.17, 15) is 22.8 Å². The van der Waals surface area contributed by atoms with E-state index in [2.05, 4.69) is 10.0 Å². The van der Waals surface area contributed by atoms with Gasteiger partial charge in [-0.15, -0.1) is 0 Å². The molecule has 26 heavy (non-hydrogen) atoms. The first kappa shape index (κ1) is 17.4. The van der Waals surface area contributed by atoms with E-state index < -0.39 is 27.7 Å². The van der Waals surface area contributed by atoms with Crippen LogP contribution >= 0.6 is 0 Å². The van der Waals surface area contributed by atoms with Crippen molar-refractivity contribution in [3.63, 3.8) is 0 Å². The Bertz CT molecular complexity index is 1060. The van der Waals surface area contributed by atoms with E-state index in [1.165, 1.54) is 37.4 Å². The summed E-state index contributed by atoms with van der Waals surface area (Å²) in [4.78, 5) is 34.4. The Morgan fingerprint density at radius 2 is 1.77 bits per heavy atom. The first-order chi connectivity index (χ1) is 12.2. The van der Waals surface area contributed by atoms with Crippen molar-refractivity contribution in [3.8, 4) is 5.75 Å². The summed E-state index contributed by atoms with van der Waals surface area (Å²) in [5.74, 6) is -1.82. The van der Waals surface area contributed by atoms with Crippen LogP contribution in [0.1, 0.15) is 31.1 Å². The van der Waals surface area contributed by atoms with Gasteiger partial charge in [-0.3, -0.25) is 24.4 Å². The molecule has 2 aromatic rings. The minimum atomic E-state index is -4.12. The van der Waals surface area contributed by atoms with E-state index in [0.29, 0.717) is 0 Å². The van der Waals surface area contributed by atoms with Gasteiger partial charge < -0.3 is 10.5 Å². The molecule has 3 rings (SSSR count). The van der Waals surface area contributed by atoms with Crippen LogP contribution in [-0.4, -0.2) is 33.2 Å². The van der Waals surface area contributed by atoms with Crippen LogP contribution in [0.25, 0.3) is 0 Å². The molecule has 1 heterocycles. The van der Waals surface area contributed by atoms with Crippen LogP contribution in [-0.2, 0) is 10.0 Å². The molecule has 1 aliphatic rings. The summed E-state index contributed by atoms with van der Waals surface area (Å²) in [6.07, 6.45) is 0. The van der Waals surface area contributed by atoms with E-state index in [-0.39, 0.29) is 33.0 Å². The number of fused-ring (bicyclic) bond motifs is 1. The van der Waals surface area contributed by atoms with Crippen molar-refractivity contribution in [2.24, 2.45) is 5.73 Å². The van der Waals surface area contributed by atoms with Crippen LogP contribution < -0.4 is 20.5 Å². The van der Waals surface area contributed by atoms with E-state index in [4.69, 9.17) is 10.5 Å². The number of amides is 3. The fourth-order valence-corrected chi connectivity index (χ4v) is 3.55. The summed E-state index contributed by atoms with van der Waals surface area (Å²) in [5, 5.41) is 2.08. The molecule has 4 N–H and O–H groups in total. The molecule has 0 fully saturated rings. The quantitative estimate of drug-likeness (QED) is 0.648. The molecular formula is C16H13N3O6S. The number of methoxy groups -OCH3 is 1. The number of hydrogen-bond donors (Lipinski definition) is 3. The molecule has 134 valence electrons. The molecular weight excluding hydrogens is 362 g/mol. The summed E-state index contributed by atoms with van der Waals surface area (Å²) in [6, 6.07) is 7.58. The number of nitrogens with two attached hydrogens (primary N) is 1. The zero-order valence-corrected chi connectivity index (χ0v) is 14.2. The number of rotatable bonds is 5. The molecule has 0 spiro atoms. The maximum Gasteiger partial charge on any atom is 0.262 e. The van der Waals surface area contributed by atoms with Crippen LogP contribution in [0.2, 0.25) is 0 Å². The maximum absolute atomic E-state index is 12.6. The lowest BCUT2D eigenvalue weighted by atomic mass is 10.1. The van der Waals surface area contributed by atoms with E-state index >= 15 is 0 Å². The number of sulfonamides is 1. The van der Waals surface area contributed by atoms with Crippen LogP contribution in [0, 0.1) is 0 Å². The Morgan fingerprint density at radius 3 is 2.42 bits per heavy atom. The van der Waals surface area contributed by atoms with Crippen molar-refractivity contribution in [1.82, 2.24) is 5.32 Å². The molecule has 0 aliphatic carbocycles. The molecule has 2 aromatic carbocycles. The first-order valence-corrected chi connectivity index (χ1v) is 8.71. The highest BCUT2D eigenvalue weighted by atomic mass is 32.2. The molecule has 0 unspecified atom stereocenters. The largest absolute Gasteiger partial charge is 0.495 e.